The standard InChI is InChI=1S/C15H13F3N4O2/c16-15(17,18)24-11-3-1-9(2-4-11)13(23)22-6-5-10-7-20-14(19)21-12(10)8-22/h1-4,7H,5-6,8H2,(H2,19,20,21). The van der Waals surface area contributed by atoms with Gasteiger partial charge in [-0.3, -0.25) is 4.79 Å². The van der Waals surface area contributed by atoms with Gasteiger partial charge in [-0.2, -0.15) is 0 Å². The number of hydrogen-bond acceptors (Lipinski definition) is 5. The molecule has 0 aliphatic carbocycles. The summed E-state index contributed by atoms with van der Waals surface area (Å²) in [6.07, 6.45) is -2.53. The topological polar surface area (TPSA) is 81.3 Å². The molecule has 0 spiro atoms. The van der Waals surface area contributed by atoms with Crippen LogP contribution in [-0.2, 0) is 13.0 Å². The summed E-state index contributed by atoms with van der Waals surface area (Å²) in [4.78, 5) is 22.1. The molecule has 1 aliphatic heterocycles. The lowest BCUT2D eigenvalue weighted by Gasteiger charge is -2.28. The summed E-state index contributed by atoms with van der Waals surface area (Å²) in [6, 6.07) is 4.82. The fourth-order valence-electron chi connectivity index (χ4n) is 2.47. The quantitative estimate of drug-likeness (QED) is 0.907. The van der Waals surface area contributed by atoms with Crippen LogP contribution in [0.5, 0.6) is 5.75 Å². The molecular formula is C15H13F3N4O2. The lowest BCUT2D eigenvalue weighted by Crippen LogP contribution is -2.36. The molecule has 6 nitrogen and oxygen atoms in total. The molecule has 0 bridgehead atoms. The number of benzene rings is 1. The first-order valence-electron chi connectivity index (χ1n) is 7.07. The van der Waals surface area contributed by atoms with E-state index in [2.05, 4.69) is 14.7 Å². The number of nitrogens with zero attached hydrogens (tertiary/aromatic N) is 3. The van der Waals surface area contributed by atoms with Gasteiger partial charge in [0.15, 0.2) is 0 Å². The second-order valence-electron chi connectivity index (χ2n) is 5.25. The molecule has 9 heteroatoms. The first-order chi connectivity index (χ1) is 11.3. The highest BCUT2D eigenvalue weighted by Crippen LogP contribution is 2.24. The Bertz CT molecular complexity index is 762. The molecule has 3 rings (SSSR count). The molecule has 126 valence electrons. The van der Waals surface area contributed by atoms with Crippen LogP contribution < -0.4 is 10.5 Å². The molecule has 0 fully saturated rings. The molecule has 0 saturated heterocycles. The third-order valence-corrected chi connectivity index (χ3v) is 3.59. The first-order valence-corrected chi connectivity index (χ1v) is 7.07. The number of halogens is 3. The van der Waals surface area contributed by atoms with Crippen LogP contribution in [-0.4, -0.2) is 33.7 Å². The first kappa shape index (κ1) is 16.0. The number of ether oxygens (including phenoxy) is 1. The van der Waals surface area contributed by atoms with E-state index in [-0.39, 0.29) is 29.7 Å². The molecule has 24 heavy (non-hydrogen) atoms. The monoisotopic (exact) mass is 338 g/mol. The molecule has 1 amide bonds. The van der Waals surface area contributed by atoms with Crippen LogP contribution in [0.3, 0.4) is 0 Å². The number of rotatable bonds is 2. The zero-order chi connectivity index (χ0) is 17.3. The van der Waals surface area contributed by atoms with Crippen LogP contribution in [0, 0.1) is 0 Å². The van der Waals surface area contributed by atoms with Crippen LogP contribution in [0.15, 0.2) is 30.5 Å². The molecule has 1 aromatic carbocycles. The molecule has 0 radical (unpaired) electrons. The van der Waals surface area contributed by atoms with Crippen molar-refractivity contribution < 1.29 is 22.7 Å². The van der Waals surface area contributed by atoms with E-state index in [1.165, 1.54) is 12.1 Å². The van der Waals surface area contributed by atoms with Gasteiger partial charge in [0.25, 0.3) is 5.91 Å². The lowest BCUT2D eigenvalue weighted by atomic mass is 10.1. The van der Waals surface area contributed by atoms with Gasteiger partial charge in [0.05, 0.1) is 12.2 Å². The van der Waals surface area contributed by atoms with E-state index < -0.39 is 6.36 Å². The van der Waals surface area contributed by atoms with Crippen molar-refractivity contribution in [1.29, 1.82) is 0 Å². The summed E-state index contributed by atoms with van der Waals surface area (Å²) >= 11 is 0. The molecule has 0 atom stereocenters. The Labute approximate surface area is 135 Å². The van der Waals surface area contributed by atoms with Crippen molar-refractivity contribution in [2.45, 2.75) is 19.3 Å². The smallest absolute Gasteiger partial charge is 0.406 e. The number of aromatic nitrogens is 2. The average molecular weight is 338 g/mol. The number of hydrogen-bond donors (Lipinski definition) is 1. The number of nitrogen functional groups attached to an aromatic ring is 1. The van der Waals surface area contributed by atoms with Crippen molar-refractivity contribution in [2.75, 3.05) is 12.3 Å². The van der Waals surface area contributed by atoms with Gasteiger partial charge in [0, 0.05) is 18.3 Å². The van der Waals surface area contributed by atoms with Crippen LogP contribution in [0.2, 0.25) is 0 Å². The molecule has 2 aromatic rings. The number of anilines is 1. The number of carbonyl (C=O) groups excluding carboxylic acids is 1. The van der Waals surface area contributed by atoms with Crippen molar-refractivity contribution in [3.63, 3.8) is 0 Å². The van der Waals surface area contributed by atoms with Crippen molar-refractivity contribution >= 4 is 11.9 Å². The van der Waals surface area contributed by atoms with Gasteiger partial charge in [-0.15, -0.1) is 13.2 Å². The second kappa shape index (κ2) is 5.99. The summed E-state index contributed by atoms with van der Waals surface area (Å²) in [5.74, 6) is -0.531. The highest BCUT2D eigenvalue weighted by Gasteiger charge is 2.31. The molecular weight excluding hydrogens is 325 g/mol. The Morgan fingerprint density at radius 2 is 1.96 bits per heavy atom. The van der Waals surface area contributed by atoms with Gasteiger partial charge in [-0.05, 0) is 36.2 Å². The van der Waals surface area contributed by atoms with Crippen molar-refractivity contribution in [2.24, 2.45) is 0 Å². The number of carbonyl (C=O) groups is 1. The van der Waals surface area contributed by atoms with Gasteiger partial charge >= 0.3 is 6.36 Å². The van der Waals surface area contributed by atoms with Gasteiger partial charge in [0.2, 0.25) is 5.95 Å². The zero-order valence-electron chi connectivity index (χ0n) is 12.4. The van der Waals surface area contributed by atoms with E-state index in [9.17, 15) is 18.0 Å². The highest BCUT2D eigenvalue weighted by atomic mass is 19.4. The molecule has 1 aromatic heterocycles. The normalized spacial score (nSPS) is 14.2. The fraction of sp³-hybridized carbons (Fsp3) is 0.267. The fourth-order valence-corrected chi connectivity index (χ4v) is 2.47. The van der Waals surface area contributed by atoms with E-state index in [0.717, 1.165) is 17.7 Å². The summed E-state index contributed by atoms with van der Waals surface area (Å²) in [5.41, 5.74) is 7.44. The maximum atomic E-state index is 12.5. The Morgan fingerprint density at radius 3 is 2.62 bits per heavy atom. The Morgan fingerprint density at radius 1 is 1.25 bits per heavy atom. The third kappa shape index (κ3) is 3.55. The highest BCUT2D eigenvalue weighted by molar-refractivity contribution is 5.94. The molecule has 0 unspecified atom stereocenters. The number of nitrogens with two attached hydrogens (primary N) is 1. The van der Waals surface area contributed by atoms with Crippen LogP contribution >= 0.6 is 0 Å². The molecule has 0 saturated carbocycles. The second-order valence-corrected chi connectivity index (χ2v) is 5.25. The molecule has 2 heterocycles. The minimum absolute atomic E-state index is 0.136. The molecule has 2 N–H and O–H groups in total. The van der Waals surface area contributed by atoms with E-state index in [1.807, 2.05) is 0 Å². The van der Waals surface area contributed by atoms with E-state index in [1.54, 1.807) is 11.1 Å². The predicted molar refractivity (Wildman–Crippen MR) is 78.0 cm³/mol. The summed E-state index contributed by atoms with van der Waals surface area (Å²) < 4.78 is 40.2. The maximum absolute atomic E-state index is 12.5. The van der Waals surface area contributed by atoms with E-state index in [0.29, 0.717) is 18.7 Å². The number of alkyl halides is 3. The summed E-state index contributed by atoms with van der Waals surface area (Å²) in [6.45, 7) is 0.752. The maximum Gasteiger partial charge on any atom is 0.573 e. The third-order valence-electron chi connectivity index (χ3n) is 3.59. The van der Waals surface area contributed by atoms with Gasteiger partial charge in [-0.1, -0.05) is 0 Å². The van der Waals surface area contributed by atoms with Crippen LogP contribution in [0.25, 0.3) is 0 Å². The van der Waals surface area contributed by atoms with Crippen LogP contribution in [0.4, 0.5) is 19.1 Å². The number of fused-ring (bicyclic) bond motifs is 1. The lowest BCUT2D eigenvalue weighted by molar-refractivity contribution is -0.274. The Kier molecular flexibility index (Phi) is 4.00. The van der Waals surface area contributed by atoms with Crippen molar-refractivity contribution in [3.05, 3.63) is 47.3 Å². The van der Waals surface area contributed by atoms with E-state index >= 15 is 0 Å². The van der Waals surface area contributed by atoms with Crippen molar-refractivity contribution in [3.8, 4) is 5.75 Å². The predicted octanol–water partition coefficient (Wildman–Crippen LogP) is 2.16. The molecule has 1 aliphatic rings. The van der Waals surface area contributed by atoms with Crippen molar-refractivity contribution in [1.82, 2.24) is 14.9 Å². The summed E-state index contributed by atoms with van der Waals surface area (Å²) in [7, 11) is 0. The number of amides is 1. The largest absolute Gasteiger partial charge is 0.573 e. The SMILES string of the molecule is Nc1ncc2c(n1)CN(C(=O)c1ccc(OC(F)(F)F)cc1)CC2. The van der Waals surface area contributed by atoms with Gasteiger partial charge in [-0.25, -0.2) is 9.97 Å². The minimum Gasteiger partial charge on any atom is -0.406 e. The van der Waals surface area contributed by atoms with E-state index in [4.69, 9.17) is 5.73 Å². The minimum atomic E-state index is -4.76. The Balaban J connectivity index is 1.73. The average Bonchev–Trinajstić information content (AvgIpc) is 2.52. The summed E-state index contributed by atoms with van der Waals surface area (Å²) in [5, 5.41) is 0. The van der Waals surface area contributed by atoms with Gasteiger partial charge in [0.1, 0.15) is 5.75 Å². The van der Waals surface area contributed by atoms with Gasteiger partial charge < -0.3 is 15.4 Å². The zero-order valence-corrected chi connectivity index (χ0v) is 12.4. The van der Waals surface area contributed by atoms with Crippen LogP contribution in [0.1, 0.15) is 21.6 Å². The Hall–Kier alpha value is -2.84.